The molecule has 1 heterocycles. The Morgan fingerprint density at radius 1 is 1.06 bits per heavy atom. The van der Waals surface area contributed by atoms with Gasteiger partial charge in [0.25, 0.3) is 5.91 Å². The third-order valence-corrected chi connectivity index (χ3v) is 5.88. The van der Waals surface area contributed by atoms with Gasteiger partial charge in [0.05, 0.1) is 5.56 Å². The average molecular weight is 470 g/mol. The lowest BCUT2D eigenvalue weighted by atomic mass is 9.95. The Hall–Kier alpha value is -3.08. The summed E-state index contributed by atoms with van der Waals surface area (Å²) in [7, 11) is 0. The number of hydrogen-bond donors (Lipinski definition) is 2. The highest BCUT2D eigenvalue weighted by molar-refractivity contribution is 7.17. The van der Waals surface area contributed by atoms with E-state index < -0.39 is 30.1 Å². The van der Waals surface area contributed by atoms with Gasteiger partial charge in [0, 0.05) is 17.5 Å². The van der Waals surface area contributed by atoms with Crippen molar-refractivity contribution in [2.45, 2.75) is 52.0 Å². The SMILES string of the molecule is CC(=O)Nc1sc2c(c1C(=O)OC(C)C(=O)Nc1ccc(OC(F)(F)F)cc1)CCCC2. The zero-order valence-corrected chi connectivity index (χ0v) is 18.1. The molecular formula is C21H21F3N2O5S. The van der Waals surface area contributed by atoms with Crippen LogP contribution >= 0.6 is 11.3 Å². The van der Waals surface area contributed by atoms with Gasteiger partial charge in [0.15, 0.2) is 6.10 Å². The summed E-state index contributed by atoms with van der Waals surface area (Å²) in [5.74, 6) is -2.12. The lowest BCUT2D eigenvalue weighted by molar-refractivity contribution is -0.274. The largest absolute Gasteiger partial charge is 0.573 e. The molecule has 1 atom stereocenters. The molecule has 1 aromatic carbocycles. The van der Waals surface area contributed by atoms with Crippen LogP contribution in [0.2, 0.25) is 0 Å². The Bertz CT molecular complexity index is 1020. The van der Waals surface area contributed by atoms with E-state index in [1.165, 1.54) is 37.3 Å². The van der Waals surface area contributed by atoms with Crippen molar-refractivity contribution >= 4 is 39.8 Å². The predicted molar refractivity (Wildman–Crippen MR) is 112 cm³/mol. The number of amides is 2. The molecule has 0 spiro atoms. The maximum atomic E-state index is 12.9. The lowest BCUT2D eigenvalue weighted by Crippen LogP contribution is -2.30. The van der Waals surface area contributed by atoms with Crippen molar-refractivity contribution in [1.29, 1.82) is 0 Å². The number of carbonyl (C=O) groups excluding carboxylic acids is 3. The van der Waals surface area contributed by atoms with E-state index in [0.717, 1.165) is 41.8 Å². The third kappa shape index (κ3) is 6.00. The second kappa shape index (κ2) is 9.60. The van der Waals surface area contributed by atoms with Crippen molar-refractivity contribution in [2.24, 2.45) is 0 Å². The summed E-state index contributed by atoms with van der Waals surface area (Å²) in [6.45, 7) is 2.72. The fraction of sp³-hybridized carbons (Fsp3) is 0.381. The molecule has 0 saturated carbocycles. The quantitative estimate of drug-likeness (QED) is 0.599. The van der Waals surface area contributed by atoms with Gasteiger partial charge in [-0.25, -0.2) is 4.79 Å². The van der Waals surface area contributed by atoms with Gasteiger partial charge in [0.1, 0.15) is 10.8 Å². The molecule has 32 heavy (non-hydrogen) atoms. The summed E-state index contributed by atoms with van der Waals surface area (Å²) in [6.07, 6.45) is -2.60. The van der Waals surface area contributed by atoms with E-state index in [4.69, 9.17) is 4.74 Å². The van der Waals surface area contributed by atoms with Gasteiger partial charge in [-0.3, -0.25) is 9.59 Å². The number of hydrogen-bond acceptors (Lipinski definition) is 6. The van der Waals surface area contributed by atoms with Crippen molar-refractivity contribution in [3.63, 3.8) is 0 Å². The number of nitrogens with one attached hydrogen (secondary N) is 2. The molecule has 0 radical (unpaired) electrons. The minimum Gasteiger partial charge on any atom is -0.449 e. The van der Waals surface area contributed by atoms with Crippen LogP contribution < -0.4 is 15.4 Å². The van der Waals surface area contributed by atoms with Crippen LogP contribution in [-0.4, -0.2) is 30.2 Å². The Kier molecular flexibility index (Phi) is 7.07. The van der Waals surface area contributed by atoms with Gasteiger partial charge in [-0.1, -0.05) is 0 Å². The molecule has 0 fully saturated rings. The highest BCUT2D eigenvalue weighted by Gasteiger charge is 2.31. The van der Waals surface area contributed by atoms with Crippen LogP contribution in [0.3, 0.4) is 0 Å². The van der Waals surface area contributed by atoms with Gasteiger partial charge in [-0.15, -0.1) is 24.5 Å². The molecule has 1 aromatic heterocycles. The molecule has 11 heteroatoms. The number of benzene rings is 1. The zero-order chi connectivity index (χ0) is 23.5. The number of aryl methyl sites for hydroxylation is 1. The smallest absolute Gasteiger partial charge is 0.449 e. The molecule has 0 aliphatic heterocycles. The molecule has 7 nitrogen and oxygen atoms in total. The van der Waals surface area contributed by atoms with Crippen molar-refractivity contribution < 1.29 is 37.0 Å². The van der Waals surface area contributed by atoms with Crippen LogP contribution in [0.4, 0.5) is 23.9 Å². The van der Waals surface area contributed by atoms with Crippen LogP contribution in [0.15, 0.2) is 24.3 Å². The van der Waals surface area contributed by atoms with Gasteiger partial charge in [-0.2, -0.15) is 0 Å². The molecule has 2 amide bonds. The van der Waals surface area contributed by atoms with Crippen LogP contribution in [0.25, 0.3) is 0 Å². The Labute approximate surface area is 185 Å². The Balaban J connectivity index is 1.67. The van der Waals surface area contributed by atoms with Crippen LogP contribution in [-0.2, 0) is 27.2 Å². The number of ether oxygens (including phenoxy) is 2. The van der Waals surface area contributed by atoms with E-state index in [1.807, 2.05) is 0 Å². The first-order valence-electron chi connectivity index (χ1n) is 9.83. The van der Waals surface area contributed by atoms with Crippen LogP contribution in [0.5, 0.6) is 5.75 Å². The summed E-state index contributed by atoms with van der Waals surface area (Å²) in [6, 6.07) is 4.57. The van der Waals surface area contributed by atoms with Crippen molar-refractivity contribution in [3.8, 4) is 5.75 Å². The average Bonchev–Trinajstić information content (AvgIpc) is 3.05. The standard InChI is InChI=1S/C21H21F3N2O5S/c1-11(18(28)26-13-7-9-14(10-8-13)31-21(22,23)24)30-20(29)17-15-5-3-4-6-16(15)32-19(17)25-12(2)27/h7-11H,3-6H2,1-2H3,(H,25,27)(H,26,28). The maximum Gasteiger partial charge on any atom is 0.573 e. The zero-order valence-electron chi connectivity index (χ0n) is 17.3. The molecule has 1 unspecified atom stereocenters. The van der Waals surface area contributed by atoms with Crippen molar-refractivity contribution in [1.82, 2.24) is 0 Å². The number of halogens is 3. The molecule has 2 N–H and O–H groups in total. The number of fused-ring (bicyclic) bond motifs is 1. The molecule has 1 aliphatic carbocycles. The summed E-state index contributed by atoms with van der Waals surface area (Å²) in [4.78, 5) is 37.8. The molecule has 0 saturated heterocycles. The fourth-order valence-electron chi connectivity index (χ4n) is 3.29. The first-order valence-corrected chi connectivity index (χ1v) is 10.6. The molecule has 1 aliphatic rings. The first-order chi connectivity index (χ1) is 15.0. The monoisotopic (exact) mass is 470 g/mol. The van der Waals surface area contributed by atoms with Crippen LogP contribution in [0.1, 0.15) is 47.5 Å². The van der Waals surface area contributed by atoms with E-state index in [-0.39, 0.29) is 17.2 Å². The molecule has 2 aromatic rings. The first kappa shape index (κ1) is 23.6. The maximum absolute atomic E-state index is 12.9. The topological polar surface area (TPSA) is 93.7 Å². The fourth-order valence-corrected chi connectivity index (χ4v) is 4.61. The van der Waals surface area contributed by atoms with Crippen molar-refractivity contribution in [3.05, 3.63) is 40.3 Å². The summed E-state index contributed by atoms with van der Waals surface area (Å²) >= 11 is 1.34. The van der Waals surface area contributed by atoms with Gasteiger partial charge >= 0.3 is 12.3 Å². The molecular weight excluding hydrogens is 449 g/mol. The number of thiophene rings is 1. The number of carbonyl (C=O) groups is 3. The molecule has 3 rings (SSSR count). The lowest BCUT2D eigenvalue weighted by Gasteiger charge is -2.16. The Morgan fingerprint density at radius 3 is 2.34 bits per heavy atom. The normalized spacial score (nSPS) is 14.2. The van der Waals surface area contributed by atoms with Crippen LogP contribution in [0, 0.1) is 0 Å². The minimum absolute atomic E-state index is 0.208. The summed E-state index contributed by atoms with van der Waals surface area (Å²) in [5.41, 5.74) is 1.32. The van der Waals surface area contributed by atoms with Gasteiger partial charge in [0.2, 0.25) is 5.91 Å². The van der Waals surface area contributed by atoms with Crippen molar-refractivity contribution in [2.75, 3.05) is 10.6 Å². The van der Waals surface area contributed by atoms with E-state index in [1.54, 1.807) is 0 Å². The summed E-state index contributed by atoms with van der Waals surface area (Å²) < 4.78 is 45.8. The number of alkyl halides is 3. The predicted octanol–water partition coefficient (Wildman–Crippen LogP) is 4.67. The number of anilines is 2. The number of rotatable bonds is 6. The number of esters is 1. The second-order valence-electron chi connectivity index (χ2n) is 7.21. The molecule has 172 valence electrons. The highest BCUT2D eigenvalue weighted by Crippen LogP contribution is 2.38. The van der Waals surface area contributed by atoms with E-state index in [2.05, 4.69) is 15.4 Å². The van der Waals surface area contributed by atoms with E-state index in [0.29, 0.717) is 11.4 Å². The highest BCUT2D eigenvalue weighted by atomic mass is 32.1. The summed E-state index contributed by atoms with van der Waals surface area (Å²) in [5, 5.41) is 5.54. The van der Waals surface area contributed by atoms with E-state index in [9.17, 15) is 27.6 Å². The molecule has 0 bridgehead atoms. The minimum atomic E-state index is -4.82. The van der Waals surface area contributed by atoms with E-state index >= 15 is 0 Å². The van der Waals surface area contributed by atoms with Gasteiger partial charge < -0.3 is 20.1 Å². The second-order valence-corrected chi connectivity index (χ2v) is 8.31. The van der Waals surface area contributed by atoms with Gasteiger partial charge in [-0.05, 0) is 62.4 Å². The Morgan fingerprint density at radius 2 is 1.72 bits per heavy atom. The third-order valence-electron chi connectivity index (χ3n) is 4.67.